The van der Waals surface area contributed by atoms with E-state index in [1.54, 1.807) is 12.1 Å². The van der Waals surface area contributed by atoms with E-state index in [-0.39, 0.29) is 23.2 Å². The number of halogens is 1. The molecular formula is C32H40ClNO5. The number of aliphatic hydroxyl groups is 1. The SMILES string of the molecule is CO[C@H]([C@H]1CCC[C@@H](O)C1)[C@@H]1CC[C@H]1CN1CC2(CCCc3cc(Cl)ccc32)COc2ccc(C(=O)O)cc21. The van der Waals surface area contributed by atoms with E-state index >= 15 is 0 Å². The van der Waals surface area contributed by atoms with E-state index in [1.165, 1.54) is 11.1 Å². The average molecular weight is 554 g/mol. The molecule has 2 aromatic carbocycles. The fourth-order valence-corrected chi connectivity index (χ4v) is 8.19. The van der Waals surface area contributed by atoms with Gasteiger partial charge in [-0.05, 0) is 111 Å². The van der Waals surface area contributed by atoms with Crippen LogP contribution in [0.15, 0.2) is 36.4 Å². The van der Waals surface area contributed by atoms with Crippen LogP contribution in [0.5, 0.6) is 5.75 Å². The van der Waals surface area contributed by atoms with Crippen LogP contribution in [0.1, 0.15) is 72.9 Å². The first kappa shape index (κ1) is 26.9. The van der Waals surface area contributed by atoms with Crippen molar-refractivity contribution in [1.29, 1.82) is 0 Å². The number of fused-ring (bicyclic) bond motifs is 3. The van der Waals surface area contributed by atoms with Gasteiger partial charge in [0.05, 0.1) is 30.1 Å². The number of aromatic carboxylic acids is 1. The zero-order valence-electron chi connectivity index (χ0n) is 22.8. The highest BCUT2D eigenvalue weighted by Crippen LogP contribution is 2.48. The largest absolute Gasteiger partial charge is 0.490 e. The van der Waals surface area contributed by atoms with Gasteiger partial charge in [0.2, 0.25) is 0 Å². The van der Waals surface area contributed by atoms with Crippen molar-refractivity contribution in [3.63, 3.8) is 0 Å². The van der Waals surface area contributed by atoms with Crippen LogP contribution in [-0.2, 0) is 16.6 Å². The van der Waals surface area contributed by atoms with Gasteiger partial charge in [0.1, 0.15) is 5.75 Å². The van der Waals surface area contributed by atoms with Crippen LogP contribution >= 0.6 is 11.6 Å². The van der Waals surface area contributed by atoms with Gasteiger partial charge in [-0.25, -0.2) is 4.79 Å². The molecule has 0 amide bonds. The third kappa shape index (κ3) is 5.16. The molecule has 39 heavy (non-hydrogen) atoms. The number of benzene rings is 2. The third-order valence-corrected chi connectivity index (χ3v) is 10.3. The van der Waals surface area contributed by atoms with Crippen molar-refractivity contribution >= 4 is 23.3 Å². The topological polar surface area (TPSA) is 79.2 Å². The number of ether oxygens (including phenoxy) is 2. The Labute approximate surface area is 236 Å². The summed E-state index contributed by atoms with van der Waals surface area (Å²) in [5.74, 6) is 1.11. The summed E-state index contributed by atoms with van der Waals surface area (Å²) in [7, 11) is 1.83. The van der Waals surface area contributed by atoms with Crippen LogP contribution in [0.2, 0.25) is 5.02 Å². The Kier molecular flexibility index (Phi) is 7.55. The van der Waals surface area contributed by atoms with Crippen molar-refractivity contribution in [2.45, 2.75) is 75.4 Å². The van der Waals surface area contributed by atoms with E-state index in [2.05, 4.69) is 17.0 Å². The fourth-order valence-electron chi connectivity index (χ4n) is 8.00. The number of carboxylic acid groups (broad SMARTS) is 1. The van der Waals surface area contributed by atoms with E-state index in [4.69, 9.17) is 21.1 Å². The van der Waals surface area contributed by atoms with E-state index in [1.807, 2.05) is 19.2 Å². The molecule has 210 valence electrons. The molecule has 6 atom stereocenters. The molecule has 3 aliphatic carbocycles. The minimum Gasteiger partial charge on any atom is -0.490 e. The summed E-state index contributed by atoms with van der Waals surface area (Å²) in [6.07, 6.45) is 9.20. The number of hydrogen-bond donors (Lipinski definition) is 2. The quantitative estimate of drug-likeness (QED) is 0.450. The van der Waals surface area contributed by atoms with Gasteiger partial charge in [-0.15, -0.1) is 0 Å². The highest BCUT2D eigenvalue weighted by molar-refractivity contribution is 6.30. The van der Waals surface area contributed by atoms with Crippen LogP contribution in [0.4, 0.5) is 5.69 Å². The highest BCUT2D eigenvalue weighted by atomic mass is 35.5. The van der Waals surface area contributed by atoms with Crippen LogP contribution < -0.4 is 9.64 Å². The van der Waals surface area contributed by atoms with Crippen molar-refractivity contribution in [2.24, 2.45) is 17.8 Å². The molecule has 2 aromatic rings. The number of hydrogen-bond acceptors (Lipinski definition) is 5. The minimum atomic E-state index is -0.925. The number of rotatable bonds is 6. The Morgan fingerprint density at radius 2 is 2.05 bits per heavy atom. The Morgan fingerprint density at radius 1 is 1.18 bits per heavy atom. The van der Waals surface area contributed by atoms with Gasteiger partial charge in [0, 0.05) is 30.6 Å². The predicted molar refractivity (Wildman–Crippen MR) is 152 cm³/mol. The molecule has 2 fully saturated rings. The molecule has 0 aromatic heterocycles. The Morgan fingerprint density at radius 3 is 2.79 bits per heavy atom. The first-order valence-electron chi connectivity index (χ1n) is 14.6. The zero-order valence-corrected chi connectivity index (χ0v) is 23.5. The maximum Gasteiger partial charge on any atom is 0.335 e. The molecule has 2 saturated carbocycles. The van der Waals surface area contributed by atoms with Crippen molar-refractivity contribution in [2.75, 3.05) is 31.7 Å². The van der Waals surface area contributed by atoms with E-state index in [0.29, 0.717) is 24.4 Å². The lowest BCUT2D eigenvalue weighted by Gasteiger charge is -2.48. The lowest BCUT2D eigenvalue weighted by Crippen LogP contribution is -2.51. The smallest absolute Gasteiger partial charge is 0.335 e. The first-order valence-corrected chi connectivity index (χ1v) is 15.0. The monoisotopic (exact) mass is 553 g/mol. The van der Waals surface area contributed by atoms with E-state index in [9.17, 15) is 15.0 Å². The molecule has 0 radical (unpaired) electrons. The van der Waals surface area contributed by atoms with Crippen molar-refractivity contribution in [1.82, 2.24) is 0 Å². The summed E-state index contributed by atoms with van der Waals surface area (Å²) in [5.41, 5.74) is 3.58. The number of carboxylic acids is 1. The van der Waals surface area contributed by atoms with Gasteiger partial charge in [0.15, 0.2) is 0 Å². The number of aryl methyl sites for hydroxylation is 1. The third-order valence-electron chi connectivity index (χ3n) is 10.1. The number of methoxy groups -OCH3 is 1. The molecule has 6 nitrogen and oxygen atoms in total. The maximum atomic E-state index is 11.9. The zero-order chi connectivity index (χ0) is 27.1. The molecule has 0 saturated heterocycles. The minimum absolute atomic E-state index is 0.151. The Hall–Kier alpha value is -2.28. The summed E-state index contributed by atoms with van der Waals surface area (Å²) in [6.45, 7) is 2.18. The van der Waals surface area contributed by atoms with E-state index < -0.39 is 5.97 Å². The maximum absolute atomic E-state index is 11.9. The lowest BCUT2D eigenvalue weighted by molar-refractivity contribution is -0.0721. The second-order valence-corrected chi connectivity index (χ2v) is 12.8. The van der Waals surface area contributed by atoms with Gasteiger partial charge in [-0.2, -0.15) is 0 Å². The summed E-state index contributed by atoms with van der Waals surface area (Å²) in [4.78, 5) is 14.3. The number of aliphatic hydroxyl groups excluding tert-OH is 1. The van der Waals surface area contributed by atoms with Gasteiger partial charge in [-0.3, -0.25) is 0 Å². The van der Waals surface area contributed by atoms with E-state index in [0.717, 1.165) is 87.3 Å². The molecule has 1 spiro atoms. The van der Waals surface area contributed by atoms with Gasteiger partial charge in [-0.1, -0.05) is 24.1 Å². The number of anilines is 1. The second kappa shape index (κ2) is 10.9. The molecule has 1 aliphatic heterocycles. The molecule has 1 unspecified atom stereocenters. The molecule has 2 N–H and O–H groups in total. The summed E-state index contributed by atoms with van der Waals surface area (Å²) in [5, 5.41) is 20.9. The lowest BCUT2D eigenvalue weighted by atomic mass is 9.65. The molecular weight excluding hydrogens is 514 g/mol. The van der Waals surface area contributed by atoms with Crippen molar-refractivity contribution in [3.8, 4) is 5.75 Å². The molecule has 0 bridgehead atoms. The Bertz CT molecular complexity index is 1220. The Balaban J connectivity index is 1.32. The molecule has 1 heterocycles. The van der Waals surface area contributed by atoms with Gasteiger partial charge >= 0.3 is 5.97 Å². The molecule has 7 heteroatoms. The molecule has 6 rings (SSSR count). The summed E-state index contributed by atoms with van der Waals surface area (Å²) >= 11 is 6.39. The number of carbonyl (C=O) groups is 1. The van der Waals surface area contributed by atoms with Gasteiger partial charge in [0.25, 0.3) is 0 Å². The van der Waals surface area contributed by atoms with Crippen LogP contribution in [0.25, 0.3) is 0 Å². The summed E-state index contributed by atoms with van der Waals surface area (Å²) in [6, 6.07) is 11.5. The highest BCUT2D eigenvalue weighted by Gasteiger charge is 2.46. The van der Waals surface area contributed by atoms with Crippen LogP contribution in [0.3, 0.4) is 0 Å². The normalized spacial score (nSPS) is 30.9. The van der Waals surface area contributed by atoms with Gasteiger partial charge < -0.3 is 24.6 Å². The molecule has 4 aliphatic rings. The second-order valence-electron chi connectivity index (χ2n) is 12.4. The number of nitrogens with zero attached hydrogens (tertiary/aromatic N) is 1. The van der Waals surface area contributed by atoms with Crippen molar-refractivity contribution < 1.29 is 24.5 Å². The van der Waals surface area contributed by atoms with Crippen molar-refractivity contribution in [3.05, 3.63) is 58.1 Å². The van der Waals surface area contributed by atoms with Crippen LogP contribution in [-0.4, -0.2) is 55.2 Å². The first-order chi connectivity index (χ1) is 18.9. The standard InChI is InChI=1S/C32H40ClNO5/c1-38-30(21-4-2-6-25(35)15-21)26-10-7-23(26)17-34-18-32(13-3-5-20-14-24(33)9-11-27(20)32)19-39-29-12-8-22(31(36)37)16-28(29)34/h8-9,11-12,14,16,21,23,25-26,30,35H,2-7,10,13,15,17-19H2,1H3,(H,36,37)/t21-,23-,25+,26+,30+,32?/m0/s1. The summed E-state index contributed by atoms with van der Waals surface area (Å²) < 4.78 is 12.6. The average Bonchev–Trinajstić information content (AvgIpc) is 3.06. The van der Waals surface area contributed by atoms with Crippen LogP contribution in [0, 0.1) is 17.8 Å². The fraction of sp³-hybridized carbons (Fsp3) is 0.594. The predicted octanol–water partition coefficient (Wildman–Crippen LogP) is 6.10.